The highest BCUT2D eigenvalue weighted by molar-refractivity contribution is 6.07. The summed E-state index contributed by atoms with van der Waals surface area (Å²) in [4.78, 5) is 47.7. The van der Waals surface area contributed by atoms with Crippen molar-refractivity contribution in [2.24, 2.45) is 22.4 Å². The molecule has 4 aliphatic rings. The zero-order valence-electron chi connectivity index (χ0n) is 22.4. The van der Waals surface area contributed by atoms with Gasteiger partial charge in [0, 0.05) is 19.6 Å². The second-order valence-corrected chi connectivity index (χ2v) is 11.7. The summed E-state index contributed by atoms with van der Waals surface area (Å²) < 4.78 is 0. The molecule has 1 aromatic rings. The van der Waals surface area contributed by atoms with Crippen molar-refractivity contribution >= 4 is 23.8 Å². The summed E-state index contributed by atoms with van der Waals surface area (Å²) in [5, 5.41) is 2.82. The summed E-state index contributed by atoms with van der Waals surface area (Å²) in [6.45, 7) is 1.73. The topological polar surface area (TPSA) is 134 Å². The van der Waals surface area contributed by atoms with Crippen LogP contribution in [0.1, 0.15) is 81.8 Å². The molecular weight excluding hydrogens is 480 g/mol. The summed E-state index contributed by atoms with van der Waals surface area (Å²) in [6.07, 6.45) is 11.3. The average molecular weight is 523 g/mol. The van der Waals surface area contributed by atoms with Crippen LogP contribution < -0.4 is 16.8 Å². The third-order valence-electron chi connectivity index (χ3n) is 9.37. The van der Waals surface area contributed by atoms with Crippen LogP contribution in [0.15, 0.2) is 29.3 Å². The fraction of sp³-hybridized carbons (Fsp3) is 0.655. The van der Waals surface area contributed by atoms with E-state index in [2.05, 4.69) is 34.6 Å². The number of likely N-dealkylation sites (tertiary alicyclic amines) is 1. The minimum atomic E-state index is -0.738. The van der Waals surface area contributed by atoms with Gasteiger partial charge in [-0.3, -0.25) is 14.6 Å². The maximum absolute atomic E-state index is 14.0. The van der Waals surface area contributed by atoms with E-state index in [1.54, 1.807) is 0 Å². The SMILES string of the molecule is NC(N)=NCCC[C@H]1NC(=O)N(C(CC2CCCCC2)C(=O)N2CCC3(CCc4ccccc43)CC2)C1=O. The molecule has 1 saturated carbocycles. The zero-order valence-corrected chi connectivity index (χ0v) is 22.4. The quantitative estimate of drug-likeness (QED) is 0.209. The molecule has 2 heterocycles. The second-order valence-electron chi connectivity index (χ2n) is 11.7. The number of imide groups is 1. The lowest BCUT2D eigenvalue weighted by Gasteiger charge is -2.42. The number of rotatable bonds is 8. The van der Waals surface area contributed by atoms with E-state index in [1.165, 1.54) is 22.4 Å². The van der Waals surface area contributed by atoms with Crippen LogP contribution in [-0.2, 0) is 21.4 Å². The molecule has 0 radical (unpaired) electrons. The molecule has 1 aromatic carbocycles. The van der Waals surface area contributed by atoms with Gasteiger partial charge in [0.2, 0.25) is 5.91 Å². The van der Waals surface area contributed by atoms with Gasteiger partial charge in [-0.15, -0.1) is 0 Å². The first-order valence-corrected chi connectivity index (χ1v) is 14.4. The lowest BCUT2D eigenvalue weighted by Crippen LogP contribution is -2.55. The number of urea groups is 1. The van der Waals surface area contributed by atoms with Gasteiger partial charge < -0.3 is 21.7 Å². The highest BCUT2D eigenvalue weighted by Gasteiger charge is 2.48. The third kappa shape index (κ3) is 5.38. The molecule has 9 heteroatoms. The van der Waals surface area contributed by atoms with Crippen molar-refractivity contribution in [2.75, 3.05) is 19.6 Å². The number of hydrogen-bond acceptors (Lipinski definition) is 4. The number of benzene rings is 1. The van der Waals surface area contributed by atoms with Gasteiger partial charge in [-0.25, -0.2) is 9.69 Å². The Kier molecular flexibility index (Phi) is 7.91. The number of fused-ring (bicyclic) bond motifs is 2. The largest absolute Gasteiger partial charge is 0.370 e. The van der Waals surface area contributed by atoms with Gasteiger partial charge in [0.1, 0.15) is 12.1 Å². The molecular formula is C29H42N6O3. The van der Waals surface area contributed by atoms with Gasteiger partial charge in [-0.2, -0.15) is 0 Å². The lowest BCUT2D eigenvalue weighted by molar-refractivity contribution is -0.144. The average Bonchev–Trinajstić information content (AvgIpc) is 3.42. The van der Waals surface area contributed by atoms with Crippen molar-refractivity contribution < 1.29 is 14.4 Å². The van der Waals surface area contributed by atoms with E-state index >= 15 is 0 Å². The smallest absolute Gasteiger partial charge is 0.325 e. The zero-order chi connectivity index (χ0) is 26.7. The van der Waals surface area contributed by atoms with Crippen LogP contribution in [0.4, 0.5) is 4.79 Å². The number of hydrogen-bond donors (Lipinski definition) is 3. The van der Waals surface area contributed by atoms with Gasteiger partial charge >= 0.3 is 6.03 Å². The van der Waals surface area contributed by atoms with Crippen LogP contribution in [0.3, 0.4) is 0 Å². The number of nitrogens with two attached hydrogens (primary N) is 2. The summed E-state index contributed by atoms with van der Waals surface area (Å²) in [7, 11) is 0. The van der Waals surface area contributed by atoms with Gasteiger partial charge in [0.05, 0.1) is 0 Å². The Balaban J connectivity index is 1.29. The van der Waals surface area contributed by atoms with E-state index in [-0.39, 0.29) is 23.2 Å². The van der Waals surface area contributed by atoms with Crippen molar-refractivity contribution in [3.8, 4) is 0 Å². The summed E-state index contributed by atoms with van der Waals surface area (Å²) in [6, 6.07) is 6.89. The highest BCUT2D eigenvalue weighted by atomic mass is 16.2. The van der Waals surface area contributed by atoms with Crippen LogP contribution in [0.5, 0.6) is 0 Å². The monoisotopic (exact) mass is 522 g/mol. The van der Waals surface area contributed by atoms with Crippen molar-refractivity contribution in [3.05, 3.63) is 35.4 Å². The molecule has 5 rings (SSSR count). The maximum Gasteiger partial charge on any atom is 0.325 e. The third-order valence-corrected chi connectivity index (χ3v) is 9.37. The molecule has 3 fully saturated rings. The maximum atomic E-state index is 14.0. The Bertz CT molecular complexity index is 1070. The number of aryl methyl sites for hydroxylation is 1. The fourth-order valence-electron chi connectivity index (χ4n) is 7.25. The van der Waals surface area contributed by atoms with Crippen LogP contribution in [0.25, 0.3) is 0 Å². The highest BCUT2D eigenvalue weighted by Crippen LogP contribution is 2.46. The van der Waals surface area contributed by atoms with Crippen LogP contribution >= 0.6 is 0 Å². The predicted octanol–water partition coefficient (Wildman–Crippen LogP) is 2.81. The standard InChI is InChI=1S/C29H42N6O3/c30-27(31)32-16-6-11-23-25(36)35(28(38)33-23)24(19-20-7-2-1-3-8-20)26(37)34-17-14-29(15-18-34)13-12-21-9-4-5-10-22(21)29/h4-5,9-10,20,23-24H,1-3,6-8,11-19H2,(H,33,38)(H4,30,31,32)/t23-,24?/m1/s1. The number of nitrogens with zero attached hydrogens (tertiary/aromatic N) is 3. The molecule has 2 atom stereocenters. The minimum absolute atomic E-state index is 0.0101. The lowest BCUT2D eigenvalue weighted by atomic mass is 9.73. The van der Waals surface area contributed by atoms with E-state index in [4.69, 9.17) is 11.5 Å². The van der Waals surface area contributed by atoms with Crippen molar-refractivity contribution in [3.63, 3.8) is 0 Å². The summed E-state index contributed by atoms with van der Waals surface area (Å²) in [5.41, 5.74) is 13.8. The Morgan fingerprint density at radius 3 is 2.55 bits per heavy atom. The number of carbonyl (C=O) groups is 3. The Labute approximate surface area is 225 Å². The van der Waals surface area contributed by atoms with Crippen molar-refractivity contribution in [1.29, 1.82) is 0 Å². The number of aliphatic imine (C=N–C) groups is 1. The number of nitrogens with one attached hydrogen (secondary N) is 1. The van der Waals surface area contributed by atoms with Gasteiger partial charge in [-0.05, 0) is 67.4 Å². The van der Waals surface area contributed by atoms with Crippen LogP contribution in [0.2, 0.25) is 0 Å². The molecule has 4 amide bonds. The molecule has 38 heavy (non-hydrogen) atoms. The minimum Gasteiger partial charge on any atom is -0.370 e. The molecule has 206 valence electrons. The normalized spacial score (nSPS) is 23.8. The van der Waals surface area contributed by atoms with E-state index in [1.807, 2.05) is 4.90 Å². The fourth-order valence-corrected chi connectivity index (χ4v) is 7.25. The molecule has 2 aliphatic carbocycles. The molecule has 1 unspecified atom stereocenters. The second kappa shape index (κ2) is 11.3. The first kappa shape index (κ1) is 26.5. The molecule has 0 bridgehead atoms. The Morgan fingerprint density at radius 1 is 1.08 bits per heavy atom. The number of guanidine groups is 1. The molecule has 5 N–H and O–H groups in total. The van der Waals surface area contributed by atoms with Gasteiger partial charge in [0.25, 0.3) is 5.91 Å². The van der Waals surface area contributed by atoms with Gasteiger partial charge in [0.15, 0.2) is 5.96 Å². The number of piperidine rings is 1. The van der Waals surface area contributed by atoms with Crippen LogP contribution in [-0.4, -0.2) is 65.3 Å². The van der Waals surface area contributed by atoms with Gasteiger partial charge in [-0.1, -0.05) is 56.4 Å². The van der Waals surface area contributed by atoms with E-state index in [9.17, 15) is 14.4 Å². The molecule has 9 nitrogen and oxygen atoms in total. The van der Waals surface area contributed by atoms with E-state index in [0.29, 0.717) is 44.8 Å². The van der Waals surface area contributed by atoms with E-state index in [0.717, 1.165) is 51.4 Å². The van der Waals surface area contributed by atoms with Crippen LogP contribution in [0, 0.1) is 5.92 Å². The molecule has 2 aliphatic heterocycles. The first-order chi connectivity index (χ1) is 18.4. The molecule has 1 spiro atoms. The Hall–Kier alpha value is -3.10. The Morgan fingerprint density at radius 2 is 1.82 bits per heavy atom. The van der Waals surface area contributed by atoms with E-state index < -0.39 is 18.1 Å². The number of amides is 4. The number of carbonyl (C=O) groups excluding carboxylic acids is 3. The first-order valence-electron chi connectivity index (χ1n) is 14.4. The molecule has 0 aromatic heterocycles. The van der Waals surface area contributed by atoms with Crippen molar-refractivity contribution in [2.45, 2.75) is 94.5 Å². The predicted molar refractivity (Wildman–Crippen MR) is 146 cm³/mol. The molecule has 2 saturated heterocycles. The summed E-state index contributed by atoms with van der Waals surface area (Å²) in [5.74, 6) is 0.00133. The van der Waals surface area contributed by atoms with Crippen molar-refractivity contribution in [1.82, 2.24) is 15.1 Å². The summed E-state index contributed by atoms with van der Waals surface area (Å²) >= 11 is 0.